The van der Waals surface area contributed by atoms with Crippen molar-refractivity contribution < 1.29 is 0 Å². The number of piperidine rings is 1. The topological polar surface area (TPSA) is 15.3 Å². The van der Waals surface area contributed by atoms with Crippen molar-refractivity contribution in [3.63, 3.8) is 0 Å². The van der Waals surface area contributed by atoms with E-state index in [1.807, 2.05) is 0 Å². The predicted octanol–water partition coefficient (Wildman–Crippen LogP) is 3.28. The molecule has 2 nitrogen and oxygen atoms in total. The second kappa shape index (κ2) is 8.93. The molecule has 2 heteroatoms. The number of rotatable bonds is 8. The minimum atomic E-state index is 0.748. The molecule has 1 saturated heterocycles. The highest BCUT2D eigenvalue weighted by Crippen LogP contribution is 2.17. The molecule has 0 aliphatic carbocycles. The molecule has 0 aromatic carbocycles. The first kappa shape index (κ1) is 15.0. The molecule has 2 atom stereocenters. The number of unbranched alkanes of at least 4 members (excludes halogenated alkanes) is 1. The van der Waals surface area contributed by atoms with Gasteiger partial charge in [0.15, 0.2) is 0 Å². The van der Waals surface area contributed by atoms with Gasteiger partial charge in [0.1, 0.15) is 0 Å². The third kappa shape index (κ3) is 5.87. The van der Waals surface area contributed by atoms with E-state index in [4.69, 9.17) is 0 Å². The number of hydrogen-bond acceptors (Lipinski definition) is 2. The van der Waals surface area contributed by atoms with Crippen LogP contribution in [0.5, 0.6) is 0 Å². The second-order valence-corrected chi connectivity index (χ2v) is 5.57. The fourth-order valence-electron chi connectivity index (χ4n) is 2.96. The van der Waals surface area contributed by atoms with Crippen molar-refractivity contribution in [3.8, 4) is 0 Å². The zero-order chi connectivity index (χ0) is 12.5. The molecule has 2 unspecified atom stereocenters. The van der Waals surface area contributed by atoms with Crippen LogP contribution in [0.1, 0.15) is 59.3 Å². The van der Waals surface area contributed by atoms with Gasteiger partial charge in [0.2, 0.25) is 0 Å². The van der Waals surface area contributed by atoms with E-state index in [2.05, 4.69) is 31.0 Å². The van der Waals surface area contributed by atoms with Crippen LogP contribution < -0.4 is 5.32 Å². The van der Waals surface area contributed by atoms with Gasteiger partial charge in [-0.05, 0) is 38.3 Å². The smallest absolute Gasteiger partial charge is 0.0195 e. The van der Waals surface area contributed by atoms with Crippen LogP contribution >= 0.6 is 0 Å². The van der Waals surface area contributed by atoms with E-state index in [0.717, 1.165) is 18.5 Å². The highest BCUT2D eigenvalue weighted by atomic mass is 15.2. The van der Waals surface area contributed by atoms with Gasteiger partial charge in [-0.2, -0.15) is 0 Å². The van der Waals surface area contributed by atoms with Gasteiger partial charge in [0, 0.05) is 19.1 Å². The molecule has 102 valence electrons. The molecular weight excluding hydrogens is 208 g/mol. The Morgan fingerprint density at radius 1 is 1.29 bits per heavy atom. The summed E-state index contributed by atoms with van der Waals surface area (Å²) < 4.78 is 0. The van der Waals surface area contributed by atoms with Crippen LogP contribution in [0.3, 0.4) is 0 Å². The lowest BCUT2D eigenvalue weighted by Crippen LogP contribution is -2.46. The van der Waals surface area contributed by atoms with Crippen molar-refractivity contribution in [1.82, 2.24) is 10.2 Å². The van der Waals surface area contributed by atoms with Crippen molar-refractivity contribution in [2.75, 3.05) is 26.2 Å². The molecular formula is C15H32N2. The maximum Gasteiger partial charge on any atom is 0.0195 e. The first-order valence-corrected chi connectivity index (χ1v) is 7.75. The van der Waals surface area contributed by atoms with E-state index in [-0.39, 0.29) is 0 Å². The minimum absolute atomic E-state index is 0.748. The molecule has 0 spiro atoms. The van der Waals surface area contributed by atoms with E-state index < -0.39 is 0 Å². The Bertz CT molecular complexity index is 180. The zero-order valence-corrected chi connectivity index (χ0v) is 12.2. The van der Waals surface area contributed by atoms with Crippen molar-refractivity contribution in [1.29, 1.82) is 0 Å². The third-order valence-electron chi connectivity index (χ3n) is 4.06. The number of nitrogens with zero attached hydrogens (tertiary/aromatic N) is 1. The van der Waals surface area contributed by atoms with Crippen LogP contribution in [0.25, 0.3) is 0 Å². The lowest BCUT2D eigenvalue weighted by atomic mass is 9.97. The Hall–Kier alpha value is -0.0800. The highest BCUT2D eigenvalue weighted by molar-refractivity contribution is 4.79. The monoisotopic (exact) mass is 240 g/mol. The number of likely N-dealkylation sites (tertiary alicyclic amines) is 1. The van der Waals surface area contributed by atoms with Crippen molar-refractivity contribution in [2.45, 2.75) is 65.3 Å². The Balaban J connectivity index is 2.27. The number of nitrogens with one attached hydrogen (secondary N) is 1. The average molecular weight is 240 g/mol. The van der Waals surface area contributed by atoms with Gasteiger partial charge < -0.3 is 10.2 Å². The zero-order valence-electron chi connectivity index (χ0n) is 12.2. The first-order chi connectivity index (χ1) is 8.30. The molecule has 0 aromatic heterocycles. The molecule has 0 bridgehead atoms. The molecule has 1 heterocycles. The van der Waals surface area contributed by atoms with E-state index in [9.17, 15) is 0 Å². The van der Waals surface area contributed by atoms with Gasteiger partial charge in [-0.25, -0.2) is 0 Å². The lowest BCUT2D eigenvalue weighted by Gasteiger charge is -2.35. The van der Waals surface area contributed by atoms with Crippen LogP contribution in [-0.2, 0) is 0 Å². The Kier molecular flexibility index (Phi) is 7.87. The van der Waals surface area contributed by atoms with E-state index in [1.165, 1.54) is 58.2 Å². The van der Waals surface area contributed by atoms with Crippen LogP contribution in [0.4, 0.5) is 0 Å². The summed E-state index contributed by atoms with van der Waals surface area (Å²) in [6, 6.07) is 0.748. The number of hydrogen-bond donors (Lipinski definition) is 1. The van der Waals surface area contributed by atoms with E-state index >= 15 is 0 Å². The summed E-state index contributed by atoms with van der Waals surface area (Å²) in [7, 11) is 0. The summed E-state index contributed by atoms with van der Waals surface area (Å²) in [5.41, 5.74) is 0. The largest absolute Gasteiger partial charge is 0.313 e. The molecule has 0 saturated carbocycles. The molecule has 0 aromatic rings. The highest BCUT2D eigenvalue weighted by Gasteiger charge is 2.20. The Morgan fingerprint density at radius 3 is 2.76 bits per heavy atom. The molecule has 1 fully saturated rings. The van der Waals surface area contributed by atoms with Crippen molar-refractivity contribution in [2.24, 2.45) is 5.92 Å². The summed E-state index contributed by atoms with van der Waals surface area (Å²) in [5, 5.41) is 3.61. The average Bonchev–Trinajstić information content (AvgIpc) is 2.35. The molecule has 1 aliphatic rings. The SMILES string of the molecule is CCCCC(CC)CN1CCCC(NCC)C1. The van der Waals surface area contributed by atoms with Gasteiger partial charge in [0.25, 0.3) is 0 Å². The summed E-state index contributed by atoms with van der Waals surface area (Å²) in [5.74, 6) is 0.926. The van der Waals surface area contributed by atoms with Crippen molar-refractivity contribution >= 4 is 0 Å². The summed E-state index contributed by atoms with van der Waals surface area (Å²) in [4.78, 5) is 2.70. The standard InChI is InChI=1S/C15H32N2/c1-4-7-9-14(5-2)12-17-11-8-10-15(13-17)16-6-3/h14-16H,4-13H2,1-3H3. The van der Waals surface area contributed by atoms with Gasteiger partial charge in [-0.1, -0.05) is 40.0 Å². The number of likely N-dealkylation sites (N-methyl/N-ethyl adjacent to an activating group) is 1. The maximum absolute atomic E-state index is 3.61. The van der Waals surface area contributed by atoms with Gasteiger partial charge in [-0.15, -0.1) is 0 Å². The fraction of sp³-hybridized carbons (Fsp3) is 1.00. The van der Waals surface area contributed by atoms with Crippen LogP contribution in [0.15, 0.2) is 0 Å². The molecule has 1 aliphatic heterocycles. The van der Waals surface area contributed by atoms with Gasteiger partial charge >= 0.3 is 0 Å². The first-order valence-electron chi connectivity index (χ1n) is 7.75. The third-order valence-corrected chi connectivity index (χ3v) is 4.06. The fourth-order valence-corrected chi connectivity index (χ4v) is 2.96. The molecule has 0 amide bonds. The Labute approximate surface area is 108 Å². The predicted molar refractivity (Wildman–Crippen MR) is 76.4 cm³/mol. The Morgan fingerprint density at radius 2 is 2.12 bits per heavy atom. The van der Waals surface area contributed by atoms with E-state index in [1.54, 1.807) is 0 Å². The molecule has 1 rings (SSSR count). The second-order valence-electron chi connectivity index (χ2n) is 5.57. The summed E-state index contributed by atoms with van der Waals surface area (Å²) in [6.07, 6.45) is 8.27. The van der Waals surface area contributed by atoms with E-state index in [0.29, 0.717) is 0 Å². The van der Waals surface area contributed by atoms with Gasteiger partial charge in [-0.3, -0.25) is 0 Å². The normalized spacial score (nSPS) is 23.8. The summed E-state index contributed by atoms with van der Waals surface area (Å²) >= 11 is 0. The molecule has 0 radical (unpaired) electrons. The van der Waals surface area contributed by atoms with Gasteiger partial charge in [0.05, 0.1) is 0 Å². The lowest BCUT2D eigenvalue weighted by molar-refractivity contribution is 0.160. The van der Waals surface area contributed by atoms with Crippen LogP contribution in [0.2, 0.25) is 0 Å². The minimum Gasteiger partial charge on any atom is -0.313 e. The summed E-state index contributed by atoms with van der Waals surface area (Å²) in [6.45, 7) is 11.9. The van der Waals surface area contributed by atoms with Crippen LogP contribution in [-0.4, -0.2) is 37.1 Å². The molecule has 1 N–H and O–H groups in total. The molecule has 17 heavy (non-hydrogen) atoms. The van der Waals surface area contributed by atoms with Crippen LogP contribution in [0, 0.1) is 5.92 Å². The quantitative estimate of drug-likeness (QED) is 0.700. The maximum atomic E-state index is 3.61. The van der Waals surface area contributed by atoms with Crippen molar-refractivity contribution in [3.05, 3.63) is 0 Å².